The number of hydrogen-bond acceptors (Lipinski definition) is 9. The van der Waals surface area contributed by atoms with Gasteiger partial charge in [0.1, 0.15) is 5.69 Å². The molecule has 1 aliphatic heterocycles. The molecule has 5 aromatic rings. The highest BCUT2D eigenvalue weighted by atomic mass is 32.1. The number of benzene rings is 2. The number of aliphatic hydroxyl groups excluding tert-OH is 1. The number of nitrogens with zero attached hydrogens (tertiary/aromatic N) is 6. The molecule has 2 amide bonds. The highest BCUT2D eigenvalue weighted by Crippen LogP contribution is 2.72. The molecule has 276 valence electrons. The molecule has 4 heterocycles. The van der Waals surface area contributed by atoms with Crippen molar-refractivity contribution in [3.8, 4) is 22.4 Å². The Morgan fingerprint density at radius 2 is 1.72 bits per heavy atom. The van der Waals surface area contributed by atoms with Gasteiger partial charge in [0.2, 0.25) is 0 Å². The summed E-state index contributed by atoms with van der Waals surface area (Å²) in [7, 11) is 3.90. The number of carbonyl (C=O) groups is 1. The van der Waals surface area contributed by atoms with E-state index in [0.29, 0.717) is 29.5 Å². The lowest BCUT2D eigenvalue weighted by atomic mass is 9.39. The second kappa shape index (κ2) is 12.1. The van der Waals surface area contributed by atoms with E-state index in [1.54, 1.807) is 4.90 Å². The van der Waals surface area contributed by atoms with E-state index in [-0.39, 0.29) is 33.6 Å². The van der Waals surface area contributed by atoms with Gasteiger partial charge in [-0.15, -0.1) is 0 Å². The first kappa shape index (κ1) is 34.4. The van der Waals surface area contributed by atoms with Crippen LogP contribution in [0.3, 0.4) is 0 Å². The van der Waals surface area contributed by atoms with Crippen LogP contribution in [0.2, 0.25) is 0 Å². The number of aromatic nitrogens is 4. The van der Waals surface area contributed by atoms with Crippen molar-refractivity contribution in [3.05, 3.63) is 72.2 Å². The van der Waals surface area contributed by atoms with Crippen molar-refractivity contribution in [3.63, 3.8) is 0 Å². The van der Waals surface area contributed by atoms with E-state index in [2.05, 4.69) is 40.7 Å². The minimum Gasteiger partial charge on any atom is -0.378 e. The fourth-order valence-corrected chi connectivity index (χ4v) is 12.3. The number of pyridine rings is 1. The molecule has 3 aromatic heterocycles. The van der Waals surface area contributed by atoms with E-state index < -0.39 is 6.29 Å². The molecule has 10 rings (SSSR count). The third-order valence-electron chi connectivity index (χ3n) is 12.5. The van der Waals surface area contributed by atoms with Crippen LogP contribution in [0.4, 0.5) is 21.3 Å². The zero-order chi connectivity index (χ0) is 36.9. The molecule has 2 atom stereocenters. The monoisotopic (exact) mass is 733 g/mol. The predicted molar refractivity (Wildman–Crippen MR) is 208 cm³/mol. The van der Waals surface area contributed by atoms with Crippen LogP contribution in [0.5, 0.6) is 0 Å². The van der Waals surface area contributed by atoms with Crippen molar-refractivity contribution >= 4 is 44.1 Å². The van der Waals surface area contributed by atoms with Gasteiger partial charge < -0.3 is 19.8 Å². The minimum atomic E-state index is -1.79. The third-order valence-corrected chi connectivity index (χ3v) is 13.5. The van der Waals surface area contributed by atoms with Crippen LogP contribution in [-0.4, -0.2) is 68.8 Å². The first-order valence-electron chi connectivity index (χ1n) is 18.5. The molecule has 0 saturated heterocycles. The summed E-state index contributed by atoms with van der Waals surface area (Å²) in [5.41, 5.74) is 7.01. The highest BCUT2D eigenvalue weighted by molar-refractivity contribution is 7.22. The number of para-hydroxylation sites is 1. The van der Waals surface area contributed by atoms with Gasteiger partial charge in [0.05, 0.1) is 39.1 Å². The normalized spacial score (nSPS) is 27.5. The summed E-state index contributed by atoms with van der Waals surface area (Å²) in [6.07, 6.45) is 6.94. The molecule has 0 spiro atoms. The fraction of sp³-hybridized carbons (Fsp3) is 0.463. The number of thiazole rings is 1. The Hall–Kier alpha value is -4.36. The Bertz CT molecular complexity index is 2210. The van der Waals surface area contributed by atoms with Crippen LogP contribution in [0.1, 0.15) is 70.1 Å². The van der Waals surface area contributed by atoms with Gasteiger partial charge >= 0.3 is 6.03 Å². The molecule has 4 fully saturated rings. The van der Waals surface area contributed by atoms with Crippen LogP contribution in [0.25, 0.3) is 32.6 Å². The number of fused-ring (bicyclic) bond motifs is 2. The van der Waals surface area contributed by atoms with Crippen LogP contribution < -0.4 is 15.1 Å². The summed E-state index contributed by atoms with van der Waals surface area (Å²) in [5, 5.41) is 29.8. The second-order valence-electron chi connectivity index (χ2n) is 17.1. The summed E-state index contributed by atoms with van der Waals surface area (Å²) in [6, 6.07) is 17.3. The number of amides is 2. The maximum absolute atomic E-state index is 13.7. The van der Waals surface area contributed by atoms with Gasteiger partial charge in [-0.3, -0.25) is 14.9 Å². The van der Waals surface area contributed by atoms with Crippen LogP contribution in [0, 0.1) is 23.2 Å². The van der Waals surface area contributed by atoms with Crippen LogP contribution >= 0.6 is 11.3 Å². The molecule has 12 heteroatoms. The maximum Gasteiger partial charge on any atom is 0.328 e. The number of methoxy groups -OCH3 is 1. The van der Waals surface area contributed by atoms with Crippen LogP contribution in [0.15, 0.2) is 60.8 Å². The number of anilines is 3. The number of nitrogens with one attached hydrogen (secondary N) is 1. The SMILES string of the molecule is COC12CC3(C)CC(C)(CC(Cn4ncc(-c5ccc(-c6ccc7c(c6)N(C(=O)Nc6nc8ccccc8s6)CCN7C)nc5C(O)O)c4C)(C3)C1)C2. The van der Waals surface area contributed by atoms with Crippen LogP contribution in [-0.2, 0) is 11.3 Å². The molecule has 11 nitrogen and oxygen atoms in total. The zero-order valence-corrected chi connectivity index (χ0v) is 31.8. The third kappa shape index (κ3) is 5.81. The lowest BCUT2D eigenvalue weighted by molar-refractivity contribution is -0.239. The van der Waals surface area contributed by atoms with E-state index in [1.165, 1.54) is 30.6 Å². The quantitative estimate of drug-likeness (QED) is 0.145. The molecule has 0 radical (unpaired) electrons. The van der Waals surface area contributed by atoms with Crippen molar-refractivity contribution in [2.24, 2.45) is 16.2 Å². The van der Waals surface area contributed by atoms with Gasteiger partial charge in [-0.25, -0.2) is 14.8 Å². The molecule has 4 bridgehead atoms. The summed E-state index contributed by atoms with van der Waals surface area (Å²) in [6.45, 7) is 8.94. The van der Waals surface area contributed by atoms with Crippen molar-refractivity contribution in [2.45, 2.75) is 77.7 Å². The van der Waals surface area contributed by atoms with E-state index >= 15 is 0 Å². The standard InChI is InChI=1S/C41H47N7O4S/c1-25-28(17-42-48(25)24-40-19-38(2)18-39(3,20-40)22-41(21-38,23-40)52-5)27-11-12-29(43-34(27)35(49)50)26-10-13-31-32(16-26)47(15-14-46(31)4)37(51)45-36-44-30-8-6-7-9-33(30)53-36/h6-13,16-17,35,49-50H,14-15,18-24H2,1-5H3,(H,44,45,51). The van der Waals surface area contributed by atoms with E-state index in [9.17, 15) is 15.0 Å². The molecule has 5 aliphatic rings. The highest BCUT2D eigenvalue weighted by Gasteiger charge is 2.66. The summed E-state index contributed by atoms with van der Waals surface area (Å²) in [5.74, 6) is 0. The maximum atomic E-state index is 13.7. The van der Waals surface area contributed by atoms with Gasteiger partial charge in [0.25, 0.3) is 0 Å². The number of hydrogen-bond donors (Lipinski definition) is 3. The average Bonchev–Trinajstić information content (AvgIpc) is 3.68. The molecule has 2 unspecified atom stereocenters. The Kier molecular flexibility index (Phi) is 7.84. The molecule has 4 saturated carbocycles. The summed E-state index contributed by atoms with van der Waals surface area (Å²) >= 11 is 1.44. The van der Waals surface area contributed by atoms with Crippen molar-refractivity contribution in [2.75, 3.05) is 42.4 Å². The minimum absolute atomic E-state index is 0.0700. The van der Waals surface area contributed by atoms with Gasteiger partial charge in [-0.05, 0) is 92.0 Å². The molecule has 4 aliphatic carbocycles. The van der Waals surface area contributed by atoms with Crippen molar-refractivity contribution in [1.82, 2.24) is 19.7 Å². The number of urea groups is 1. The number of aliphatic hydroxyl groups is 2. The average molecular weight is 734 g/mol. The Morgan fingerprint density at radius 3 is 2.45 bits per heavy atom. The topological polar surface area (TPSA) is 129 Å². The largest absolute Gasteiger partial charge is 0.378 e. The van der Waals surface area contributed by atoms with Gasteiger partial charge in [0.15, 0.2) is 11.4 Å². The van der Waals surface area contributed by atoms with E-state index in [1.807, 2.05) is 75.0 Å². The molecular formula is C41H47N7O4S. The van der Waals surface area contributed by atoms with Gasteiger partial charge in [-0.2, -0.15) is 5.10 Å². The number of ether oxygens (including phenoxy) is 1. The molecule has 3 N–H and O–H groups in total. The van der Waals surface area contributed by atoms with Crippen molar-refractivity contribution in [1.29, 1.82) is 0 Å². The lowest BCUT2D eigenvalue weighted by Crippen LogP contribution is -2.64. The van der Waals surface area contributed by atoms with E-state index in [0.717, 1.165) is 64.2 Å². The van der Waals surface area contributed by atoms with Gasteiger partial charge in [0, 0.05) is 56.2 Å². The second-order valence-corrected chi connectivity index (χ2v) is 18.1. The lowest BCUT2D eigenvalue weighted by Gasteiger charge is -2.69. The summed E-state index contributed by atoms with van der Waals surface area (Å²) < 4.78 is 9.43. The first-order chi connectivity index (χ1) is 25.3. The van der Waals surface area contributed by atoms with Gasteiger partial charge in [-0.1, -0.05) is 49.4 Å². The molecule has 2 aromatic carbocycles. The Balaban J connectivity index is 1.01. The number of carbonyl (C=O) groups excluding carboxylic acids is 1. The number of likely N-dealkylation sites (N-methyl/N-ethyl adjacent to an activating group) is 1. The predicted octanol–water partition coefficient (Wildman–Crippen LogP) is 7.77. The summed E-state index contributed by atoms with van der Waals surface area (Å²) in [4.78, 5) is 26.9. The fourth-order valence-electron chi connectivity index (χ4n) is 11.5. The zero-order valence-electron chi connectivity index (χ0n) is 31.0. The van der Waals surface area contributed by atoms with Crippen molar-refractivity contribution < 1.29 is 19.7 Å². The molecular weight excluding hydrogens is 687 g/mol. The molecule has 53 heavy (non-hydrogen) atoms. The Labute approximate surface area is 313 Å². The van der Waals surface area contributed by atoms with E-state index in [4.69, 9.17) is 14.8 Å². The smallest absolute Gasteiger partial charge is 0.328 e. The Morgan fingerprint density at radius 1 is 0.943 bits per heavy atom. The number of rotatable bonds is 7. The first-order valence-corrected chi connectivity index (χ1v) is 19.4.